The van der Waals surface area contributed by atoms with E-state index in [0.29, 0.717) is 0 Å². The van der Waals surface area contributed by atoms with Gasteiger partial charge in [0.1, 0.15) is 0 Å². The zero-order chi connectivity index (χ0) is 19.3. The Labute approximate surface area is 149 Å². The molecule has 0 amide bonds. The van der Waals surface area contributed by atoms with Crippen LogP contribution < -0.4 is 17.5 Å². The molecule has 9 nitrogen and oxygen atoms in total. The van der Waals surface area contributed by atoms with Crippen LogP contribution in [0, 0.1) is 0 Å². The molecule has 0 saturated heterocycles. The molecular weight excluding hydrogens is 412 g/mol. The molecule has 0 bridgehead atoms. The molecule has 0 N–H and O–H groups in total. The molecule has 2 rings (SSSR count). The number of hydrogen-bond donors (Lipinski definition) is 0. The van der Waals surface area contributed by atoms with Crippen molar-refractivity contribution in [2.24, 2.45) is 0 Å². The van der Waals surface area contributed by atoms with Crippen molar-refractivity contribution in [3.8, 4) is 0 Å². The van der Waals surface area contributed by atoms with Crippen molar-refractivity contribution in [2.75, 3.05) is 0 Å². The summed E-state index contributed by atoms with van der Waals surface area (Å²) in [6, 6.07) is 11.8. The first-order chi connectivity index (χ1) is 11.6. The van der Waals surface area contributed by atoms with Gasteiger partial charge < -0.3 is 0 Å². The standard InChI is InChI=1S/2C7H8N.2Cr.7O/c2*1-2-8-6-4-3-5-7-8;;;;;;;;;/h2*2-7H,1H2;;;;;;;;;/q2*+1;;;;;;;;2*-1. The quantitative estimate of drug-likeness (QED) is 0.584. The van der Waals surface area contributed by atoms with Crippen molar-refractivity contribution in [3.05, 3.63) is 74.3 Å². The molecule has 0 radical (unpaired) electrons. The topological polar surface area (TPSA) is 131 Å². The number of rotatable bonds is 4. The van der Waals surface area contributed by atoms with Gasteiger partial charge in [0.05, 0.1) is 0 Å². The third-order valence-corrected chi connectivity index (χ3v) is 4.73. The van der Waals surface area contributed by atoms with Crippen molar-refractivity contribution < 1.29 is 62.7 Å². The van der Waals surface area contributed by atoms with Crippen LogP contribution in [0.2, 0.25) is 0 Å². The molecule has 25 heavy (non-hydrogen) atoms. The first-order valence-corrected chi connectivity index (χ1v) is 10.5. The molecule has 0 spiro atoms. The van der Waals surface area contributed by atoms with Crippen LogP contribution in [-0.2, 0) is 45.3 Å². The number of aromatic nitrogens is 2. The fourth-order valence-corrected chi connectivity index (χ4v) is 2.80. The summed E-state index contributed by atoms with van der Waals surface area (Å²) in [6.45, 7) is 7.19. The predicted molar refractivity (Wildman–Crippen MR) is 69.9 cm³/mol. The SMILES string of the molecule is C=C[n+]1ccccc1.C=C[n+]1ccccc1.[O]=[Cr](=[O])([O-])[O][Cr](=[O])(=[O])[O-]. The van der Waals surface area contributed by atoms with Crippen LogP contribution in [0.25, 0.3) is 12.4 Å². The molecule has 2 heterocycles. The molecule has 0 aliphatic rings. The summed E-state index contributed by atoms with van der Waals surface area (Å²) in [5.74, 6) is 0. The average Bonchev–Trinajstić information content (AvgIpc) is 2.54. The Bertz CT molecular complexity index is 779. The summed E-state index contributed by atoms with van der Waals surface area (Å²) < 4.78 is 62.7. The van der Waals surface area contributed by atoms with Crippen molar-refractivity contribution in [3.63, 3.8) is 0 Å². The number of hydrogen-bond acceptors (Lipinski definition) is 7. The molecular formula is C14H16Cr2N2O7. The van der Waals surface area contributed by atoms with E-state index in [1.807, 2.05) is 70.3 Å². The second-order valence-electron chi connectivity index (χ2n) is 3.90. The van der Waals surface area contributed by atoms with Crippen molar-refractivity contribution >= 4 is 12.4 Å². The molecule has 2 aromatic heterocycles. The molecule has 11 heteroatoms. The summed E-state index contributed by atoms with van der Waals surface area (Å²) in [7, 11) is 0. The maximum atomic E-state index is 9.38. The van der Waals surface area contributed by atoms with Gasteiger partial charge in [0, 0.05) is 24.3 Å². The molecule has 0 aliphatic heterocycles. The minimum atomic E-state index is -6.07. The van der Waals surface area contributed by atoms with Gasteiger partial charge >= 0.3 is 53.6 Å². The second-order valence-corrected chi connectivity index (χ2v) is 7.53. The molecule has 136 valence electrons. The van der Waals surface area contributed by atoms with E-state index in [1.54, 1.807) is 12.4 Å². The van der Waals surface area contributed by atoms with Crippen LogP contribution >= 0.6 is 0 Å². The van der Waals surface area contributed by atoms with Crippen molar-refractivity contribution in [1.29, 1.82) is 0 Å². The van der Waals surface area contributed by atoms with Crippen LogP contribution in [-0.4, -0.2) is 0 Å². The van der Waals surface area contributed by atoms with Crippen molar-refractivity contribution in [1.82, 2.24) is 0 Å². The third-order valence-electron chi connectivity index (χ3n) is 2.07. The third kappa shape index (κ3) is 15.2. The summed E-state index contributed by atoms with van der Waals surface area (Å²) >= 11 is -12.1. The summed E-state index contributed by atoms with van der Waals surface area (Å²) in [5, 5.41) is 0. The number of nitrogens with zero attached hydrogens (tertiary/aromatic N) is 2. The van der Waals surface area contributed by atoms with E-state index >= 15 is 0 Å². The van der Waals surface area contributed by atoms with Gasteiger partial charge in [0.15, 0.2) is 37.2 Å². The van der Waals surface area contributed by atoms with Gasteiger partial charge in [-0.15, -0.1) is 0 Å². The van der Waals surface area contributed by atoms with Crippen molar-refractivity contribution in [2.45, 2.75) is 0 Å². The van der Waals surface area contributed by atoms with Gasteiger partial charge in [-0.3, -0.25) is 0 Å². The van der Waals surface area contributed by atoms with Gasteiger partial charge in [0.2, 0.25) is 0 Å². The van der Waals surface area contributed by atoms with E-state index < -0.39 is 27.2 Å². The van der Waals surface area contributed by atoms with E-state index in [9.17, 15) is 23.5 Å². The average molecular weight is 428 g/mol. The van der Waals surface area contributed by atoms with E-state index in [-0.39, 0.29) is 0 Å². The molecule has 0 fully saturated rings. The second kappa shape index (κ2) is 11.5. The summed E-state index contributed by atoms with van der Waals surface area (Å²) in [5.41, 5.74) is 0. The summed E-state index contributed by atoms with van der Waals surface area (Å²) in [4.78, 5) is 0. The predicted octanol–water partition coefficient (Wildman–Crippen LogP) is -0.777. The zero-order valence-corrected chi connectivity index (χ0v) is 15.5. The van der Waals surface area contributed by atoms with Gasteiger partial charge in [-0.05, 0) is 13.2 Å². The monoisotopic (exact) mass is 428 g/mol. The molecule has 0 aromatic carbocycles. The van der Waals surface area contributed by atoms with E-state index in [4.69, 9.17) is 0 Å². The van der Waals surface area contributed by atoms with Crippen LogP contribution in [0.3, 0.4) is 0 Å². The molecule has 0 saturated carbocycles. The summed E-state index contributed by atoms with van der Waals surface area (Å²) in [6.07, 6.45) is 11.2. The van der Waals surface area contributed by atoms with Crippen LogP contribution in [0.4, 0.5) is 0 Å². The number of pyridine rings is 2. The Hall–Kier alpha value is -2.08. The normalized spacial score (nSPS) is 10.3. The Kier molecular flexibility index (Phi) is 10.5. The molecule has 0 aliphatic carbocycles. The van der Waals surface area contributed by atoms with E-state index in [0.717, 1.165) is 0 Å². The fraction of sp³-hybridized carbons (Fsp3) is 0. The van der Waals surface area contributed by atoms with Gasteiger partial charge in [0.25, 0.3) is 0 Å². The molecule has 0 atom stereocenters. The fourth-order valence-electron chi connectivity index (χ4n) is 1.17. The van der Waals surface area contributed by atoms with Crippen LogP contribution in [0.15, 0.2) is 74.3 Å². The van der Waals surface area contributed by atoms with Gasteiger partial charge in [-0.2, -0.15) is 9.13 Å². The Morgan fingerprint density at radius 2 is 0.960 bits per heavy atom. The van der Waals surface area contributed by atoms with E-state index in [2.05, 4.69) is 16.0 Å². The molecule has 0 unspecified atom stereocenters. The van der Waals surface area contributed by atoms with Crippen LogP contribution in [0.5, 0.6) is 0 Å². The first kappa shape index (κ1) is 22.9. The Morgan fingerprint density at radius 1 is 0.680 bits per heavy atom. The Morgan fingerprint density at radius 3 is 1.08 bits per heavy atom. The van der Waals surface area contributed by atoms with Gasteiger partial charge in [-0.1, -0.05) is 12.1 Å². The van der Waals surface area contributed by atoms with E-state index in [1.165, 1.54) is 0 Å². The zero-order valence-electron chi connectivity index (χ0n) is 12.9. The minimum absolute atomic E-state index is 1.75. The van der Waals surface area contributed by atoms with Gasteiger partial charge in [-0.25, -0.2) is 0 Å². The molecule has 2 aromatic rings. The van der Waals surface area contributed by atoms with Crippen LogP contribution in [0.1, 0.15) is 0 Å². The first-order valence-electron chi connectivity index (χ1n) is 6.37. The maximum absolute atomic E-state index is 9.38. The Balaban J connectivity index is 0.000000346.